The Balaban J connectivity index is 1.69. The molecule has 1 amide bonds. The monoisotopic (exact) mass is 194 g/mol. The zero-order valence-corrected chi connectivity index (χ0v) is 8.03. The van der Waals surface area contributed by atoms with Crippen LogP contribution in [0, 0.1) is 22.7 Å². The van der Waals surface area contributed by atoms with Crippen LogP contribution < -0.4 is 5.73 Å². The maximum absolute atomic E-state index is 10.4. The molecule has 0 atom stereocenters. The quantitative estimate of drug-likeness (QED) is 0.724. The Morgan fingerprint density at radius 1 is 1.50 bits per heavy atom. The summed E-state index contributed by atoms with van der Waals surface area (Å²) in [4.78, 5) is 10.4. The molecular weight excluding hydrogens is 180 g/mol. The van der Waals surface area contributed by atoms with E-state index in [2.05, 4.69) is 6.07 Å². The summed E-state index contributed by atoms with van der Waals surface area (Å²) in [5.74, 6) is 0.578. The molecule has 0 bridgehead atoms. The van der Waals surface area contributed by atoms with Crippen LogP contribution in [0.3, 0.4) is 0 Å². The molecule has 2 aliphatic carbocycles. The molecule has 0 aromatic carbocycles. The van der Waals surface area contributed by atoms with Crippen molar-refractivity contribution in [1.29, 1.82) is 5.26 Å². The van der Waals surface area contributed by atoms with E-state index >= 15 is 0 Å². The first-order valence-electron chi connectivity index (χ1n) is 4.97. The van der Waals surface area contributed by atoms with Gasteiger partial charge in [-0.1, -0.05) is 0 Å². The van der Waals surface area contributed by atoms with Gasteiger partial charge in [0.05, 0.1) is 6.07 Å². The van der Waals surface area contributed by atoms with Gasteiger partial charge in [0.1, 0.15) is 6.10 Å². The summed E-state index contributed by atoms with van der Waals surface area (Å²) in [6.45, 7) is 0. The molecule has 0 aromatic heterocycles. The summed E-state index contributed by atoms with van der Waals surface area (Å²) in [6.07, 6.45) is 4.17. The van der Waals surface area contributed by atoms with Gasteiger partial charge in [-0.2, -0.15) is 5.26 Å². The molecule has 2 saturated carbocycles. The molecule has 14 heavy (non-hydrogen) atoms. The van der Waals surface area contributed by atoms with Crippen molar-refractivity contribution in [1.82, 2.24) is 0 Å². The van der Waals surface area contributed by atoms with E-state index in [1.165, 1.54) is 0 Å². The second-order valence-electron chi connectivity index (χ2n) is 4.60. The summed E-state index contributed by atoms with van der Waals surface area (Å²) in [7, 11) is 0. The van der Waals surface area contributed by atoms with Crippen LogP contribution in [-0.2, 0) is 4.74 Å². The Hall–Kier alpha value is -1.24. The lowest BCUT2D eigenvalue weighted by Crippen LogP contribution is -2.51. The Bertz CT molecular complexity index is 281. The van der Waals surface area contributed by atoms with E-state index in [9.17, 15) is 4.79 Å². The van der Waals surface area contributed by atoms with Gasteiger partial charge in [0.2, 0.25) is 0 Å². The molecule has 4 heteroatoms. The summed E-state index contributed by atoms with van der Waals surface area (Å²) < 4.78 is 4.89. The number of rotatable bonds is 2. The van der Waals surface area contributed by atoms with Crippen LogP contribution in [-0.4, -0.2) is 12.2 Å². The second kappa shape index (κ2) is 3.16. The summed E-state index contributed by atoms with van der Waals surface area (Å²) in [5.41, 5.74) is 5.31. The number of amides is 1. The Morgan fingerprint density at radius 3 is 2.64 bits per heavy atom. The predicted molar refractivity (Wildman–Crippen MR) is 49.1 cm³/mol. The van der Waals surface area contributed by atoms with Crippen molar-refractivity contribution in [2.75, 3.05) is 0 Å². The summed E-state index contributed by atoms with van der Waals surface area (Å²) >= 11 is 0. The molecule has 2 aliphatic rings. The zero-order chi connectivity index (χ0) is 10.2. The van der Waals surface area contributed by atoms with Crippen molar-refractivity contribution in [2.24, 2.45) is 17.1 Å². The number of carbonyl (C=O) groups excluding carboxylic acids is 1. The minimum atomic E-state index is -0.669. The van der Waals surface area contributed by atoms with Crippen LogP contribution in [0.5, 0.6) is 0 Å². The molecular formula is C10H14N2O2. The normalized spacial score (nSPS) is 39.4. The van der Waals surface area contributed by atoms with Gasteiger partial charge in [0, 0.05) is 6.42 Å². The number of nitrogens with two attached hydrogens (primary N) is 1. The van der Waals surface area contributed by atoms with E-state index in [-0.39, 0.29) is 6.10 Å². The van der Waals surface area contributed by atoms with Crippen LogP contribution in [0.25, 0.3) is 0 Å². The van der Waals surface area contributed by atoms with Crippen LogP contribution in [0.1, 0.15) is 32.1 Å². The Kier molecular flexibility index (Phi) is 2.10. The lowest BCUT2D eigenvalue weighted by Gasteiger charge is -2.56. The summed E-state index contributed by atoms with van der Waals surface area (Å²) in [5, 5.41) is 8.50. The smallest absolute Gasteiger partial charge is 0.404 e. The average molecular weight is 194 g/mol. The second-order valence-corrected chi connectivity index (χ2v) is 4.60. The average Bonchev–Trinajstić information content (AvgIpc) is 1.95. The largest absolute Gasteiger partial charge is 0.446 e. The van der Waals surface area contributed by atoms with Gasteiger partial charge in [-0.05, 0) is 37.0 Å². The third kappa shape index (κ3) is 1.54. The molecule has 76 valence electrons. The molecule has 0 unspecified atom stereocenters. The number of nitriles is 1. The molecule has 0 radical (unpaired) electrons. The van der Waals surface area contributed by atoms with Gasteiger partial charge < -0.3 is 10.5 Å². The highest BCUT2D eigenvalue weighted by Crippen LogP contribution is 2.60. The maximum atomic E-state index is 10.4. The van der Waals surface area contributed by atoms with Crippen molar-refractivity contribution in [3.05, 3.63) is 0 Å². The number of nitrogens with zero attached hydrogens (tertiary/aromatic N) is 1. The van der Waals surface area contributed by atoms with Crippen molar-refractivity contribution >= 4 is 6.09 Å². The molecule has 0 saturated heterocycles. The molecule has 2 N–H and O–H groups in total. The fourth-order valence-corrected chi connectivity index (χ4v) is 2.93. The number of hydrogen-bond acceptors (Lipinski definition) is 3. The number of ether oxygens (including phenoxy) is 1. The first-order valence-corrected chi connectivity index (χ1v) is 4.97. The van der Waals surface area contributed by atoms with Crippen LogP contribution in [0.4, 0.5) is 4.79 Å². The zero-order valence-electron chi connectivity index (χ0n) is 8.03. The standard InChI is InChI=1S/C10H14N2O2/c11-2-1-7-3-10(4-7)5-8(6-10)14-9(12)13/h7-8H,1,3-6H2,(H2,12,13). The number of hydrogen-bond donors (Lipinski definition) is 1. The molecule has 0 heterocycles. The van der Waals surface area contributed by atoms with Gasteiger partial charge >= 0.3 is 6.09 Å². The van der Waals surface area contributed by atoms with Gasteiger partial charge in [0.25, 0.3) is 0 Å². The highest BCUT2D eigenvalue weighted by molar-refractivity contribution is 5.64. The Labute approximate surface area is 83.0 Å². The third-order valence-corrected chi connectivity index (χ3v) is 3.43. The van der Waals surface area contributed by atoms with Crippen LogP contribution >= 0.6 is 0 Å². The van der Waals surface area contributed by atoms with E-state index in [4.69, 9.17) is 15.7 Å². The van der Waals surface area contributed by atoms with Gasteiger partial charge in [-0.25, -0.2) is 4.79 Å². The van der Waals surface area contributed by atoms with E-state index in [1.54, 1.807) is 0 Å². The van der Waals surface area contributed by atoms with Crippen LogP contribution in [0.15, 0.2) is 0 Å². The SMILES string of the molecule is N#CCC1CC2(C1)CC(OC(N)=O)C2. The molecule has 2 fully saturated rings. The molecule has 1 spiro atoms. The minimum Gasteiger partial charge on any atom is -0.446 e. The molecule has 0 aromatic rings. The highest BCUT2D eigenvalue weighted by Gasteiger charge is 2.53. The lowest BCUT2D eigenvalue weighted by molar-refractivity contribution is -0.111. The minimum absolute atomic E-state index is 0.0375. The van der Waals surface area contributed by atoms with Crippen molar-refractivity contribution in [3.63, 3.8) is 0 Å². The highest BCUT2D eigenvalue weighted by atomic mass is 16.6. The van der Waals surface area contributed by atoms with E-state index in [0.29, 0.717) is 17.8 Å². The number of primary amides is 1. The molecule has 4 nitrogen and oxygen atoms in total. The predicted octanol–water partition coefficient (Wildman–Crippen LogP) is 1.55. The molecule has 2 rings (SSSR count). The molecule has 0 aliphatic heterocycles. The first-order chi connectivity index (χ1) is 6.63. The van der Waals surface area contributed by atoms with Crippen molar-refractivity contribution in [2.45, 2.75) is 38.2 Å². The fourth-order valence-electron chi connectivity index (χ4n) is 2.93. The van der Waals surface area contributed by atoms with Crippen LogP contribution in [0.2, 0.25) is 0 Å². The fraction of sp³-hybridized carbons (Fsp3) is 0.800. The number of carbonyl (C=O) groups is 1. The summed E-state index contributed by atoms with van der Waals surface area (Å²) in [6, 6.07) is 2.19. The van der Waals surface area contributed by atoms with Gasteiger partial charge in [0.15, 0.2) is 0 Å². The maximum Gasteiger partial charge on any atom is 0.404 e. The van der Waals surface area contributed by atoms with Crippen molar-refractivity contribution in [3.8, 4) is 6.07 Å². The third-order valence-electron chi connectivity index (χ3n) is 3.43. The van der Waals surface area contributed by atoms with Crippen molar-refractivity contribution < 1.29 is 9.53 Å². The van der Waals surface area contributed by atoms with E-state index in [1.807, 2.05) is 0 Å². The topological polar surface area (TPSA) is 76.1 Å². The Morgan fingerprint density at radius 2 is 2.14 bits per heavy atom. The van der Waals surface area contributed by atoms with Gasteiger partial charge in [-0.15, -0.1) is 0 Å². The van der Waals surface area contributed by atoms with E-state index < -0.39 is 6.09 Å². The van der Waals surface area contributed by atoms with E-state index in [0.717, 1.165) is 25.7 Å². The lowest BCUT2D eigenvalue weighted by atomic mass is 9.50. The van der Waals surface area contributed by atoms with Gasteiger partial charge in [-0.3, -0.25) is 0 Å². The first kappa shape index (κ1) is 9.32.